The number of carbonyl (C=O) groups is 1. The van der Waals surface area contributed by atoms with E-state index < -0.39 is 0 Å². The van der Waals surface area contributed by atoms with E-state index in [0.29, 0.717) is 13.2 Å². The van der Waals surface area contributed by atoms with Crippen LogP contribution in [0, 0.1) is 0 Å². The molecule has 0 radical (unpaired) electrons. The van der Waals surface area contributed by atoms with E-state index in [1.807, 2.05) is 0 Å². The Labute approximate surface area is 90.6 Å². The fourth-order valence-electron chi connectivity index (χ4n) is 1.41. The van der Waals surface area contributed by atoms with Gasteiger partial charge in [0.2, 0.25) is 5.91 Å². The molecule has 0 aliphatic carbocycles. The number of rotatable bonds is 6. The van der Waals surface area contributed by atoms with Crippen molar-refractivity contribution in [2.24, 2.45) is 0 Å². The zero-order valence-electron chi connectivity index (χ0n) is 9.04. The van der Waals surface area contributed by atoms with E-state index in [9.17, 15) is 4.79 Å². The van der Waals surface area contributed by atoms with E-state index in [1.165, 1.54) is 12.5 Å². The number of carbonyl (C=O) groups excluding carboxylic acids is 1. The normalized spacial score (nSPS) is 20.9. The summed E-state index contributed by atoms with van der Waals surface area (Å²) >= 11 is 0. The minimum Gasteiger partial charge on any atom is -0.353 e. The average molecular weight is 213 g/mol. The molecule has 1 amide bonds. The molecule has 86 valence electrons. The van der Waals surface area contributed by atoms with Gasteiger partial charge in [0.1, 0.15) is 0 Å². The van der Waals surface area contributed by atoms with Crippen molar-refractivity contribution < 1.29 is 14.3 Å². The summed E-state index contributed by atoms with van der Waals surface area (Å²) in [6.07, 6.45) is 5.34. The van der Waals surface area contributed by atoms with Gasteiger partial charge in [-0.2, -0.15) is 0 Å². The summed E-state index contributed by atoms with van der Waals surface area (Å²) in [5.74, 6) is -0.135. The van der Waals surface area contributed by atoms with Crippen LogP contribution in [0.2, 0.25) is 0 Å². The molecule has 1 rings (SSSR count). The van der Waals surface area contributed by atoms with Gasteiger partial charge in [0.05, 0.1) is 6.61 Å². The molecule has 0 aromatic heterocycles. The van der Waals surface area contributed by atoms with Gasteiger partial charge in [0, 0.05) is 13.2 Å². The molecule has 1 aliphatic heterocycles. The second-order valence-corrected chi connectivity index (χ2v) is 3.52. The lowest BCUT2D eigenvalue weighted by Crippen LogP contribution is -2.26. The van der Waals surface area contributed by atoms with Crippen molar-refractivity contribution >= 4 is 5.91 Å². The zero-order chi connectivity index (χ0) is 10.9. The molecule has 1 atom stereocenters. The lowest BCUT2D eigenvalue weighted by molar-refractivity contribution is -0.162. The second-order valence-electron chi connectivity index (χ2n) is 3.52. The SMILES string of the molecule is C=CC(=O)NCCCOC1CCCCO1. The molecule has 0 spiro atoms. The predicted octanol–water partition coefficient (Wildman–Crippen LogP) is 1.22. The molecule has 0 saturated carbocycles. The van der Waals surface area contributed by atoms with Crippen LogP contribution in [0.1, 0.15) is 25.7 Å². The maximum atomic E-state index is 10.8. The number of ether oxygens (including phenoxy) is 2. The van der Waals surface area contributed by atoms with Crippen molar-refractivity contribution in [2.45, 2.75) is 32.0 Å². The Bertz CT molecular complexity index is 200. The number of hydrogen-bond donors (Lipinski definition) is 1. The Hall–Kier alpha value is -0.870. The summed E-state index contributed by atoms with van der Waals surface area (Å²) in [5.41, 5.74) is 0. The first-order valence-corrected chi connectivity index (χ1v) is 5.46. The summed E-state index contributed by atoms with van der Waals surface area (Å²) in [4.78, 5) is 10.8. The molecule has 1 aliphatic rings. The van der Waals surface area contributed by atoms with Crippen LogP contribution < -0.4 is 5.32 Å². The fraction of sp³-hybridized carbons (Fsp3) is 0.727. The van der Waals surface area contributed by atoms with Crippen LogP contribution in [0.4, 0.5) is 0 Å². The highest BCUT2D eigenvalue weighted by molar-refractivity contribution is 5.86. The van der Waals surface area contributed by atoms with Crippen LogP contribution in [0.15, 0.2) is 12.7 Å². The van der Waals surface area contributed by atoms with Gasteiger partial charge < -0.3 is 14.8 Å². The van der Waals surface area contributed by atoms with Crippen LogP contribution in [0.3, 0.4) is 0 Å². The highest BCUT2D eigenvalue weighted by Gasteiger charge is 2.13. The Morgan fingerprint density at radius 1 is 1.60 bits per heavy atom. The molecule has 15 heavy (non-hydrogen) atoms. The molecular formula is C11H19NO3. The first-order valence-electron chi connectivity index (χ1n) is 5.46. The van der Waals surface area contributed by atoms with Gasteiger partial charge in [-0.1, -0.05) is 6.58 Å². The van der Waals surface area contributed by atoms with E-state index >= 15 is 0 Å². The summed E-state index contributed by atoms with van der Waals surface area (Å²) in [5, 5.41) is 2.69. The molecule has 0 aromatic rings. The van der Waals surface area contributed by atoms with E-state index in [-0.39, 0.29) is 12.2 Å². The second kappa shape index (κ2) is 7.43. The molecule has 0 aromatic carbocycles. The summed E-state index contributed by atoms with van der Waals surface area (Å²) in [6.45, 7) is 5.42. The molecule has 1 heterocycles. The summed E-state index contributed by atoms with van der Waals surface area (Å²) < 4.78 is 10.9. The van der Waals surface area contributed by atoms with Crippen molar-refractivity contribution in [2.75, 3.05) is 19.8 Å². The highest BCUT2D eigenvalue weighted by atomic mass is 16.7. The van der Waals surface area contributed by atoms with E-state index in [0.717, 1.165) is 25.9 Å². The topological polar surface area (TPSA) is 47.6 Å². The fourth-order valence-corrected chi connectivity index (χ4v) is 1.41. The van der Waals surface area contributed by atoms with Crippen LogP contribution in [0.25, 0.3) is 0 Å². The Morgan fingerprint density at radius 3 is 3.13 bits per heavy atom. The first kappa shape index (κ1) is 12.2. The van der Waals surface area contributed by atoms with Crippen molar-refractivity contribution in [3.63, 3.8) is 0 Å². The van der Waals surface area contributed by atoms with Gasteiger partial charge in [-0.3, -0.25) is 4.79 Å². The molecule has 1 unspecified atom stereocenters. The molecule has 4 nitrogen and oxygen atoms in total. The van der Waals surface area contributed by atoms with Crippen LogP contribution in [-0.4, -0.2) is 32.0 Å². The van der Waals surface area contributed by atoms with Gasteiger partial charge in [0.15, 0.2) is 6.29 Å². The molecule has 1 saturated heterocycles. The van der Waals surface area contributed by atoms with Gasteiger partial charge in [0.25, 0.3) is 0 Å². The minimum absolute atomic E-state index is 0.0335. The molecular weight excluding hydrogens is 194 g/mol. The minimum atomic E-state index is -0.135. The predicted molar refractivity (Wildman–Crippen MR) is 57.4 cm³/mol. The Morgan fingerprint density at radius 2 is 2.47 bits per heavy atom. The molecule has 1 N–H and O–H groups in total. The van der Waals surface area contributed by atoms with Gasteiger partial charge in [-0.25, -0.2) is 0 Å². The van der Waals surface area contributed by atoms with Gasteiger partial charge >= 0.3 is 0 Å². The highest BCUT2D eigenvalue weighted by Crippen LogP contribution is 2.13. The molecule has 1 fully saturated rings. The first-order chi connectivity index (χ1) is 7.33. The number of nitrogens with one attached hydrogen (secondary N) is 1. The Balaban J connectivity index is 1.91. The smallest absolute Gasteiger partial charge is 0.243 e. The number of amides is 1. The zero-order valence-corrected chi connectivity index (χ0v) is 9.04. The standard InChI is InChI=1S/C11H19NO3/c1-2-10(13)12-7-5-9-15-11-6-3-4-8-14-11/h2,11H,1,3-9H2,(H,12,13). The van der Waals surface area contributed by atoms with Crippen LogP contribution in [0.5, 0.6) is 0 Å². The molecule has 4 heteroatoms. The monoisotopic (exact) mass is 213 g/mol. The third-order valence-corrected chi connectivity index (χ3v) is 2.25. The lowest BCUT2D eigenvalue weighted by atomic mass is 10.2. The third-order valence-electron chi connectivity index (χ3n) is 2.25. The maximum absolute atomic E-state index is 10.8. The van der Waals surface area contributed by atoms with E-state index in [2.05, 4.69) is 11.9 Å². The van der Waals surface area contributed by atoms with E-state index in [4.69, 9.17) is 9.47 Å². The number of hydrogen-bond acceptors (Lipinski definition) is 3. The largest absolute Gasteiger partial charge is 0.353 e. The van der Waals surface area contributed by atoms with Gasteiger partial charge in [-0.05, 0) is 31.8 Å². The van der Waals surface area contributed by atoms with Crippen molar-refractivity contribution in [1.29, 1.82) is 0 Å². The summed E-state index contributed by atoms with van der Waals surface area (Å²) in [7, 11) is 0. The van der Waals surface area contributed by atoms with Gasteiger partial charge in [-0.15, -0.1) is 0 Å². The Kier molecular flexibility index (Phi) is 6.04. The summed E-state index contributed by atoms with van der Waals surface area (Å²) in [6, 6.07) is 0. The lowest BCUT2D eigenvalue weighted by Gasteiger charge is -2.22. The van der Waals surface area contributed by atoms with Crippen LogP contribution >= 0.6 is 0 Å². The van der Waals surface area contributed by atoms with Crippen LogP contribution in [-0.2, 0) is 14.3 Å². The van der Waals surface area contributed by atoms with Crippen molar-refractivity contribution in [3.8, 4) is 0 Å². The van der Waals surface area contributed by atoms with Crippen molar-refractivity contribution in [3.05, 3.63) is 12.7 Å². The molecule has 0 bridgehead atoms. The van der Waals surface area contributed by atoms with Crippen molar-refractivity contribution in [1.82, 2.24) is 5.32 Å². The van der Waals surface area contributed by atoms with E-state index in [1.54, 1.807) is 0 Å². The maximum Gasteiger partial charge on any atom is 0.243 e. The third kappa shape index (κ3) is 5.54. The quantitative estimate of drug-likeness (QED) is 0.533. The average Bonchev–Trinajstić information content (AvgIpc) is 2.29.